The second-order valence-electron chi connectivity index (χ2n) is 6.80. The van der Waals surface area contributed by atoms with Crippen molar-refractivity contribution in [1.29, 1.82) is 0 Å². The van der Waals surface area contributed by atoms with Crippen LogP contribution in [0.2, 0.25) is 0 Å². The molecule has 0 N–H and O–H groups in total. The molecule has 25 heavy (non-hydrogen) atoms. The third kappa shape index (κ3) is 3.76. The van der Waals surface area contributed by atoms with Gasteiger partial charge in [0.25, 0.3) is 0 Å². The quantitative estimate of drug-likeness (QED) is 0.796. The van der Waals surface area contributed by atoms with Gasteiger partial charge in [-0.15, -0.1) is 11.3 Å². The Morgan fingerprint density at radius 3 is 2.56 bits per heavy atom. The zero-order chi connectivity index (χ0) is 17.9. The number of likely N-dealkylation sites (N-methyl/N-ethyl adjacent to an activating group) is 1. The van der Waals surface area contributed by atoms with Gasteiger partial charge in [-0.25, -0.2) is 0 Å². The normalized spacial score (nSPS) is 19.4. The smallest absolute Gasteiger partial charge is 0.248 e. The van der Waals surface area contributed by atoms with Gasteiger partial charge in [0.15, 0.2) is 0 Å². The molecule has 1 aliphatic heterocycles. The Morgan fingerprint density at radius 2 is 1.96 bits per heavy atom. The lowest BCUT2D eigenvalue weighted by Crippen LogP contribution is -2.67. The molecule has 1 fully saturated rings. The average molecular weight is 356 g/mol. The van der Waals surface area contributed by atoms with E-state index >= 15 is 0 Å². The Labute approximate surface area is 153 Å². The number of hydrogen-bond donors (Lipinski definition) is 0. The van der Waals surface area contributed by atoms with Gasteiger partial charge in [-0.05, 0) is 36.8 Å². The van der Waals surface area contributed by atoms with Crippen molar-refractivity contribution in [3.63, 3.8) is 0 Å². The molecule has 0 spiro atoms. The van der Waals surface area contributed by atoms with Gasteiger partial charge in [-0.1, -0.05) is 36.4 Å². The third-order valence-electron chi connectivity index (χ3n) is 4.95. The molecule has 1 atom stereocenters. The maximum absolute atomic E-state index is 12.9. The molecule has 3 rings (SSSR count). The molecule has 2 aromatic rings. The standard InChI is InChI=1S/C20H24N2O2S/c1-20(19(24)21(2)15-16-7-4-3-5-8-16)12-13-22(20)18(23)11-10-17-9-6-14-25-17/h3-9,14H,10-13,15H2,1-2H3. The van der Waals surface area contributed by atoms with Crippen LogP contribution in [-0.2, 0) is 22.6 Å². The van der Waals surface area contributed by atoms with Crippen molar-refractivity contribution in [3.05, 3.63) is 58.3 Å². The number of rotatable bonds is 6. The SMILES string of the molecule is CN(Cc1ccccc1)C(=O)C1(C)CCN1C(=O)CCc1cccs1. The number of nitrogens with zero attached hydrogens (tertiary/aromatic N) is 2. The van der Waals surface area contributed by atoms with Crippen molar-refractivity contribution in [2.75, 3.05) is 13.6 Å². The Morgan fingerprint density at radius 1 is 1.20 bits per heavy atom. The molecule has 4 nitrogen and oxygen atoms in total. The monoisotopic (exact) mass is 356 g/mol. The fourth-order valence-corrected chi connectivity index (χ4v) is 4.05. The zero-order valence-electron chi connectivity index (χ0n) is 14.8. The van der Waals surface area contributed by atoms with E-state index in [1.54, 1.807) is 21.1 Å². The molecule has 1 unspecified atom stereocenters. The highest BCUT2D eigenvalue weighted by molar-refractivity contribution is 7.09. The first-order valence-corrected chi connectivity index (χ1v) is 9.51. The molecule has 1 aliphatic rings. The summed E-state index contributed by atoms with van der Waals surface area (Å²) in [6.45, 7) is 3.13. The molecule has 1 aromatic carbocycles. The summed E-state index contributed by atoms with van der Waals surface area (Å²) in [4.78, 5) is 30.2. The highest BCUT2D eigenvalue weighted by Crippen LogP contribution is 2.33. The van der Waals surface area contributed by atoms with E-state index in [9.17, 15) is 9.59 Å². The number of hydrogen-bond acceptors (Lipinski definition) is 3. The lowest BCUT2D eigenvalue weighted by molar-refractivity contribution is -0.163. The number of likely N-dealkylation sites (tertiary alicyclic amines) is 1. The highest BCUT2D eigenvalue weighted by atomic mass is 32.1. The molecule has 0 saturated carbocycles. The lowest BCUT2D eigenvalue weighted by Gasteiger charge is -2.50. The second-order valence-corrected chi connectivity index (χ2v) is 7.83. The van der Waals surface area contributed by atoms with Gasteiger partial charge >= 0.3 is 0 Å². The van der Waals surface area contributed by atoms with Crippen LogP contribution in [0.5, 0.6) is 0 Å². The van der Waals surface area contributed by atoms with E-state index in [2.05, 4.69) is 0 Å². The summed E-state index contributed by atoms with van der Waals surface area (Å²) < 4.78 is 0. The van der Waals surface area contributed by atoms with Crippen LogP contribution in [0.25, 0.3) is 0 Å². The minimum absolute atomic E-state index is 0.0204. The van der Waals surface area contributed by atoms with Crippen LogP contribution in [0.1, 0.15) is 30.2 Å². The minimum atomic E-state index is -0.698. The van der Waals surface area contributed by atoms with Crippen LogP contribution in [0.4, 0.5) is 0 Å². The van der Waals surface area contributed by atoms with Crippen LogP contribution in [0, 0.1) is 0 Å². The first kappa shape index (κ1) is 17.7. The van der Waals surface area contributed by atoms with Crippen molar-refractivity contribution in [2.45, 2.75) is 38.3 Å². The Kier molecular flexibility index (Phi) is 5.23. The summed E-state index contributed by atoms with van der Waals surface area (Å²) in [7, 11) is 1.81. The Bertz CT molecular complexity index is 729. The maximum atomic E-state index is 12.9. The van der Waals surface area contributed by atoms with Crippen molar-refractivity contribution in [2.24, 2.45) is 0 Å². The van der Waals surface area contributed by atoms with Crippen LogP contribution in [0.15, 0.2) is 47.8 Å². The number of aryl methyl sites for hydroxylation is 1. The Balaban J connectivity index is 1.59. The van der Waals surface area contributed by atoms with Crippen molar-refractivity contribution >= 4 is 23.2 Å². The van der Waals surface area contributed by atoms with E-state index < -0.39 is 5.54 Å². The molecule has 2 amide bonds. The number of carbonyl (C=O) groups is 2. The van der Waals surface area contributed by atoms with E-state index in [4.69, 9.17) is 0 Å². The van der Waals surface area contributed by atoms with Crippen LogP contribution in [-0.4, -0.2) is 40.7 Å². The van der Waals surface area contributed by atoms with E-state index in [-0.39, 0.29) is 11.8 Å². The first-order chi connectivity index (χ1) is 12.0. The number of benzene rings is 1. The molecule has 0 aliphatic carbocycles. The molecule has 1 saturated heterocycles. The second kappa shape index (κ2) is 7.40. The van der Waals surface area contributed by atoms with Crippen LogP contribution < -0.4 is 0 Å². The van der Waals surface area contributed by atoms with Crippen molar-refractivity contribution < 1.29 is 9.59 Å². The van der Waals surface area contributed by atoms with Gasteiger partial charge in [-0.2, -0.15) is 0 Å². The third-order valence-corrected chi connectivity index (χ3v) is 5.89. The molecule has 132 valence electrons. The number of carbonyl (C=O) groups excluding carboxylic acids is 2. The summed E-state index contributed by atoms with van der Waals surface area (Å²) in [5, 5.41) is 2.02. The van der Waals surface area contributed by atoms with E-state index in [1.165, 1.54) is 4.88 Å². The van der Waals surface area contributed by atoms with Crippen molar-refractivity contribution in [1.82, 2.24) is 9.80 Å². The lowest BCUT2D eigenvalue weighted by atomic mass is 9.84. The van der Waals surface area contributed by atoms with Gasteiger partial charge in [0.1, 0.15) is 5.54 Å². The molecule has 0 radical (unpaired) electrons. The summed E-state index contributed by atoms with van der Waals surface area (Å²) >= 11 is 1.67. The summed E-state index contributed by atoms with van der Waals surface area (Å²) in [6.07, 6.45) is 1.94. The van der Waals surface area contributed by atoms with E-state index in [0.717, 1.165) is 18.4 Å². The topological polar surface area (TPSA) is 40.6 Å². The highest BCUT2D eigenvalue weighted by Gasteiger charge is 2.50. The van der Waals surface area contributed by atoms with Crippen LogP contribution >= 0.6 is 11.3 Å². The molecule has 2 heterocycles. The molecular weight excluding hydrogens is 332 g/mol. The fourth-order valence-electron chi connectivity index (χ4n) is 3.34. The zero-order valence-corrected chi connectivity index (χ0v) is 15.6. The largest absolute Gasteiger partial charge is 0.339 e. The number of thiophene rings is 1. The van der Waals surface area contributed by atoms with E-state index in [1.807, 2.05) is 61.8 Å². The van der Waals surface area contributed by atoms with Crippen molar-refractivity contribution in [3.8, 4) is 0 Å². The van der Waals surface area contributed by atoms with Gasteiger partial charge in [-0.3, -0.25) is 9.59 Å². The molecule has 0 bridgehead atoms. The number of amides is 2. The molecule has 1 aromatic heterocycles. The molecule has 5 heteroatoms. The first-order valence-electron chi connectivity index (χ1n) is 8.63. The maximum Gasteiger partial charge on any atom is 0.248 e. The Hall–Kier alpha value is -2.14. The summed E-state index contributed by atoms with van der Waals surface area (Å²) in [5.74, 6) is 0.0932. The summed E-state index contributed by atoms with van der Waals surface area (Å²) in [6, 6.07) is 14.0. The van der Waals surface area contributed by atoms with E-state index in [0.29, 0.717) is 19.5 Å². The predicted octanol–water partition coefficient (Wildman–Crippen LogP) is 3.33. The van der Waals surface area contributed by atoms with Gasteiger partial charge in [0.05, 0.1) is 0 Å². The summed E-state index contributed by atoms with van der Waals surface area (Å²) in [5.41, 5.74) is 0.396. The van der Waals surface area contributed by atoms with Gasteiger partial charge < -0.3 is 9.80 Å². The fraction of sp³-hybridized carbons (Fsp3) is 0.400. The minimum Gasteiger partial charge on any atom is -0.339 e. The molecular formula is C20H24N2O2S. The van der Waals surface area contributed by atoms with Gasteiger partial charge in [0.2, 0.25) is 11.8 Å². The average Bonchev–Trinajstić information content (AvgIpc) is 3.12. The van der Waals surface area contributed by atoms with Crippen LogP contribution in [0.3, 0.4) is 0 Å². The van der Waals surface area contributed by atoms with Gasteiger partial charge in [0, 0.05) is 31.4 Å². The predicted molar refractivity (Wildman–Crippen MR) is 100 cm³/mol.